The molecule has 0 unspecified atom stereocenters. The van der Waals surface area contributed by atoms with Crippen LogP contribution in [0.3, 0.4) is 0 Å². The Labute approximate surface area is 124 Å². The molecule has 1 aromatic heterocycles. The van der Waals surface area contributed by atoms with E-state index in [9.17, 15) is 9.18 Å². The number of hydrogen-bond donors (Lipinski definition) is 1. The number of rotatable bonds is 2. The van der Waals surface area contributed by atoms with Gasteiger partial charge in [0.15, 0.2) is 0 Å². The number of amides is 1. The molecule has 1 aromatic carbocycles. The molecule has 0 radical (unpaired) electrons. The molecule has 4 nitrogen and oxygen atoms in total. The van der Waals surface area contributed by atoms with Crippen molar-refractivity contribution in [1.29, 1.82) is 0 Å². The van der Waals surface area contributed by atoms with Gasteiger partial charge >= 0.3 is 0 Å². The summed E-state index contributed by atoms with van der Waals surface area (Å²) in [7, 11) is 0. The van der Waals surface area contributed by atoms with Crippen LogP contribution >= 0.6 is 23.4 Å². The molecule has 0 atom stereocenters. The van der Waals surface area contributed by atoms with Crippen molar-refractivity contribution in [2.24, 2.45) is 0 Å². The maximum Gasteiger partial charge on any atom is 0.275 e. The van der Waals surface area contributed by atoms with Gasteiger partial charge in [0.1, 0.15) is 17.3 Å². The molecule has 104 valence electrons. The molecule has 20 heavy (non-hydrogen) atoms. The molecule has 7 heteroatoms. The quantitative estimate of drug-likeness (QED) is 0.926. The zero-order valence-electron chi connectivity index (χ0n) is 10.4. The Kier molecular flexibility index (Phi) is 3.67. The third-order valence-electron chi connectivity index (χ3n) is 2.98. The maximum absolute atomic E-state index is 13.1. The third-order valence-corrected chi connectivity index (χ3v) is 4.20. The number of nitrogens with one attached hydrogen (secondary N) is 1. The van der Waals surface area contributed by atoms with Crippen molar-refractivity contribution in [3.8, 4) is 0 Å². The number of carbonyl (C=O) groups excluding carboxylic acids is 1. The van der Waals surface area contributed by atoms with Crippen molar-refractivity contribution in [1.82, 2.24) is 9.55 Å². The van der Waals surface area contributed by atoms with E-state index in [2.05, 4.69) is 10.3 Å². The van der Waals surface area contributed by atoms with E-state index in [-0.39, 0.29) is 10.9 Å². The predicted octanol–water partition coefficient (Wildman–Crippen LogP) is 3.17. The summed E-state index contributed by atoms with van der Waals surface area (Å²) < 4.78 is 15.0. The molecule has 0 saturated carbocycles. The van der Waals surface area contributed by atoms with Crippen molar-refractivity contribution >= 4 is 35.0 Å². The minimum Gasteiger partial charge on any atom is -0.333 e. The Morgan fingerprint density at radius 1 is 1.50 bits per heavy atom. The first kappa shape index (κ1) is 13.5. The van der Waals surface area contributed by atoms with Gasteiger partial charge in [-0.25, -0.2) is 9.37 Å². The highest BCUT2D eigenvalue weighted by Gasteiger charge is 2.17. The average Bonchev–Trinajstić information content (AvgIpc) is 2.87. The number of halogens is 2. The number of hydrogen-bond acceptors (Lipinski definition) is 3. The fourth-order valence-electron chi connectivity index (χ4n) is 1.97. The standard InChI is InChI=1S/C13H11ClFN3OS/c14-9-5-8(1-2-10(9)15)16-13(19)11-6-18-3-4-20-7-12(18)17-11/h1-2,5-6H,3-4,7H2,(H,16,19). The number of thioether (sulfide) groups is 1. The van der Waals surface area contributed by atoms with Crippen LogP contribution in [-0.4, -0.2) is 21.2 Å². The highest BCUT2D eigenvalue weighted by atomic mass is 35.5. The van der Waals surface area contributed by atoms with Gasteiger partial charge < -0.3 is 9.88 Å². The van der Waals surface area contributed by atoms with Crippen molar-refractivity contribution in [2.75, 3.05) is 11.1 Å². The Balaban J connectivity index is 1.78. The van der Waals surface area contributed by atoms with Gasteiger partial charge in [-0.15, -0.1) is 0 Å². The summed E-state index contributed by atoms with van der Waals surface area (Å²) in [5.41, 5.74) is 0.810. The summed E-state index contributed by atoms with van der Waals surface area (Å²) >= 11 is 7.47. The van der Waals surface area contributed by atoms with Crippen LogP contribution in [0.5, 0.6) is 0 Å². The Bertz CT molecular complexity index is 650. The number of nitrogens with zero attached hydrogens (tertiary/aromatic N) is 2. The molecule has 0 saturated heterocycles. The van der Waals surface area contributed by atoms with Crippen molar-refractivity contribution in [3.63, 3.8) is 0 Å². The molecular weight excluding hydrogens is 301 g/mol. The minimum absolute atomic E-state index is 0.0247. The smallest absolute Gasteiger partial charge is 0.275 e. The summed E-state index contributed by atoms with van der Waals surface area (Å²) in [6, 6.07) is 4.05. The van der Waals surface area contributed by atoms with Gasteiger partial charge in [0.05, 0.1) is 10.8 Å². The molecular formula is C13H11ClFN3OS. The lowest BCUT2D eigenvalue weighted by Crippen LogP contribution is -2.12. The summed E-state index contributed by atoms with van der Waals surface area (Å²) in [6.07, 6.45) is 1.75. The Morgan fingerprint density at radius 2 is 2.35 bits per heavy atom. The third kappa shape index (κ3) is 2.66. The van der Waals surface area contributed by atoms with Gasteiger partial charge in [-0.2, -0.15) is 11.8 Å². The molecule has 2 aromatic rings. The second-order valence-corrected chi connectivity index (χ2v) is 5.88. The summed E-state index contributed by atoms with van der Waals surface area (Å²) in [6.45, 7) is 0.864. The fourth-order valence-corrected chi connectivity index (χ4v) is 3.03. The largest absolute Gasteiger partial charge is 0.333 e. The van der Waals surface area contributed by atoms with Crippen LogP contribution in [0, 0.1) is 5.82 Å². The summed E-state index contributed by atoms with van der Waals surface area (Å²) in [5, 5.41) is 2.64. The van der Waals surface area contributed by atoms with E-state index < -0.39 is 5.82 Å². The molecule has 1 aliphatic heterocycles. The first-order valence-corrected chi connectivity index (χ1v) is 7.57. The van der Waals surface area contributed by atoms with Crippen molar-refractivity contribution in [2.45, 2.75) is 12.3 Å². The van der Waals surface area contributed by atoms with Crippen molar-refractivity contribution in [3.05, 3.63) is 46.8 Å². The van der Waals surface area contributed by atoms with E-state index in [0.29, 0.717) is 11.4 Å². The molecule has 0 spiro atoms. The number of aromatic nitrogens is 2. The van der Waals surface area contributed by atoms with Crippen LogP contribution < -0.4 is 5.32 Å². The second-order valence-electron chi connectivity index (χ2n) is 4.37. The minimum atomic E-state index is -0.515. The van der Waals surface area contributed by atoms with Crippen LogP contribution in [0.25, 0.3) is 0 Å². The highest BCUT2D eigenvalue weighted by molar-refractivity contribution is 7.98. The van der Waals surface area contributed by atoms with Gasteiger partial charge in [-0.3, -0.25) is 4.79 Å². The van der Waals surface area contributed by atoms with E-state index in [1.807, 2.05) is 4.57 Å². The zero-order valence-corrected chi connectivity index (χ0v) is 12.0. The molecule has 0 aliphatic carbocycles. The maximum atomic E-state index is 13.1. The van der Waals surface area contributed by atoms with E-state index in [0.717, 1.165) is 23.9 Å². The molecule has 1 amide bonds. The lowest BCUT2D eigenvalue weighted by Gasteiger charge is -2.11. The van der Waals surface area contributed by atoms with Gasteiger partial charge in [0.25, 0.3) is 5.91 Å². The molecule has 0 bridgehead atoms. The Hall–Kier alpha value is -1.53. The normalized spacial score (nSPS) is 13.9. The second kappa shape index (κ2) is 5.46. The van der Waals surface area contributed by atoms with E-state index in [1.54, 1.807) is 18.0 Å². The molecule has 3 rings (SSSR count). The van der Waals surface area contributed by atoms with E-state index in [4.69, 9.17) is 11.6 Å². The number of carbonyl (C=O) groups is 1. The first-order chi connectivity index (χ1) is 9.63. The highest BCUT2D eigenvalue weighted by Crippen LogP contribution is 2.21. The first-order valence-electron chi connectivity index (χ1n) is 6.03. The van der Waals surface area contributed by atoms with Crippen LogP contribution in [0.1, 0.15) is 16.3 Å². The van der Waals surface area contributed by atoms with Crippen LogP contribution in [0.15, 0.2) is 24.4 Å². The molecule has 1 N–H and O–H groups in total. The van der Waals surface area contributed by atoms with Gasteiger partial charge in [-0.1, -0.05) is 11.6 Å². The Morgan fingerprint density at radius 3 is 3.10 bits per heavy atom. The van der Waals surface area contributed by atoms with Crippen LogP contribution in [-0.2, 0) is 12.3 Å². The molecule has 1 aliphatic rings. The fraction of sp³-hybridized carbons (Fsp3) is 0.231. The van der Waals surface area contributed by atoms with Crippen LogP contribution in [0.4, 0.5) is 10.1 Å². The topological polar surface area (TPSA) is 46.9 Å². The monoisotopic (exact) mass is 311 g/mol. The predicted molar refractivity (Wildman–Crippen MR) is 77.8 cm³/mol. The number of fused-ring (bicyclic) bond motifs is 1. The van der Waals surface area contributed by atoms with E-state index in [1.165, 1.54) is 18.2 Å². The van der Waals surface area contributed by atoms with Gasteiger partial charge in [0.2, 0.25) is 0 Å². The lowest BCUT2D eigenvalue weighted by molar-refractivity contribution is 0.102. The number of aryl methyl sites for hydroxylation is 1. The molecule has 0 fully saturated rings. The average molecular weight is 312 g/mol. The SMILES string of the molecule is O=C(Nc1ccc(F)c(Cl)c1)c1cn2c(n1)CSCC2. The zero-order chi connectivity index (χ0) is 14.1. The van der Waals surface area contributed by atoms with Crippen molar-refractivity contribution < 1.29 is 9.18 Å². The summed E-state index contributed by atoms with van der Waals surface area (Å²) in [5.74, 6) is 1.91. The lowest BCUT2D eigenvalue weighted by atomic mass is 10.3. The number of imidazole rings is 1. The van der Waals surface area contributed by atoms with E-state index >= 15 is 0 Å². The number of benzene rings is 1. The summed E-state index contributed by atoms with van der Waals surface area (Å²) in [4.78, 5) is 16.4. The van der Waals surface area contributed by atoms with Gasteiger partial charge in [0, 0.05) is 24.2 Å². The molecule has 2 heterocycles. The van der Waals surface area contributed by atoms with Crippen LogP contribution in [0.2, 0.25) is 5.02 Å². The van der Waals surface area contributed by atoms with Gasteiger partial charge in [-0.05, 0) is 18.2 Å². The number of anilines is 1.